The number of carbonyl (C=O) groups is 1. The molecule has 2 aliphatic rings. The Hall–Kier alpha value is -1.40. The van der Waals surface area contributed by atoms with E-state index in [1.807, 2.05) is 19.9 Å². The van der Waals surface area contributed by atoms with E-state index in [0.717, 1.165) is 17.5 Å². The number of amides is 1. The maximum atomic E-state index is 12.8. The average molecular weight is 323 g/mol. The first-order valence-electron chi connectivity index (χ1n) is 7.66. The minimum Gasteiger partial charge on any atom is -0.377 e. The van der Waals surface area contributed by atoms with Gasteiger partial charge in [0.1, 0.15) is 5.25 Å². The van der Waals surface area contributed by atoms with Crippen molar-refractivity contribution in [1.82, 2.24) is 4.90 Å². The molecule has 0 N–H and O–H groups in total. The van der Waals surface area contributed by atoms with Gasteiger partial charge in [0.15, 0.2) is 9.84 Å². The van der Waals surface area contributed by atoms with E-state index >= 15 is 0 Å². The quantitative estimate of drug-likeness (QED) is 0.824. The van der Waals surface area contributed by atoms with Crippen LogP contribution in [0.4, 0.5) is 0 Å². The summed E-state index contributed by atoms with van der Waals surface area (Å²) in [5.41, 5.74) is 1.78. The second-order valence-corrected chi connectivity index (χ2v) is 8.12. The van der Waals surface area contributed by atoms with Gasteiger partial charge in [-0.3, -0.25) is 4.79 Å². The van der Waals surface area contributed by atoms with E-state index < -0.39 is 15.1 Å². The van der Waals surface area contributed by atoms with Crippen LogP contribution in [-0.2, 0) is 25.8 Å². The van der Waals surface area contributed by atoms with Gasteiger partial charge in [-0.1, -0.05) is 24.6 Å². The molecule has 0 aromatic heterocycles. The van der Waals surface area contributed by atoms with Crippen LogP contribution < -0.4 is 0 Å². The second kappa shape index (κ2) is 5.66. The highest BCUT2D eigenvalue weighted by Gasteiger charge is 2.45. The summed E-state index contributed by atoms with van der Waals surface area (Å²) in [6, 6.07) is 5.26. The first-order valence-corrected chi connectivity index (χ1v) is 9.21. The molecule has 2 heterocycles. The van der Waals surface area contributed by atoms with Gasteiger partial charge in [-0.15, -0.1) is 0 Å². The summed E-state index contributed by atoms with van der Waals surface area (Å²) in [7, 11) is -3.58. The molecule has 1 amide bonds. The lowest BCUT2D eigenvalue weighted by Crippen LogP contribution is -2.53. The summed E-state index contributed by atoms with van der Waals surface area (Å²) in [5, 5.41) is -0.976. The first kappa shape index (κ1) is 15.5. The van der Waals surface area contributed by atoms with Crippen molar-refractivity contribution < 1.29 is 17.9 Å². The molecule has 0 aliphatic carbocycles. The molecule has 120 valence electrons. The van der Waals surface area contributed by atoms with Gasteiger partial charge in [0.2, 0.25) is 5.91 Å². The van der Waals surface area contributed by atoms with Crippen LogP contribution in [0.1, 0.15) is 24.5 Å². The predicted octanol–water partition coefficient (Wildman–Crippen LogP) is 1.33. The van der Waals surface area contributed by atoms with Crippen molar-refractivity contribution in [3.05, 3.63) is 29.3 Å². The smallest absolute Gasteiger partial charge is 0.242 e. The van der Waals surface area contributed by atoms with Crippen molar-refractivity contribution in [3.8, 4) is 0 Å². The monoisotopic (exact) mass is 323 g/mol. The molecule has 0 saturated carbocycles. The van der Waals surface area contributed by atoms with Crippen LogP contribution in [0.5, 0.6) is 0 Å². The van der Waals surface area contributed by atoms with Crippen LogP contribution in [0.25, 0.3) is 0 Å². The number of carbonyl (C=O) groups excluding carboxylic acids is 1. The molecule has 0 spiro atoms. The van der Waals surface area contributed by atoms with Gasteiger partial charge in [0.25, 0.3) is 0 Å². The van der Waals surface area contributed by atoms with Crippen LogP contribution in [0.3, 0.4) is 0 Å². The molecule has 1 saturated heterocycles. The Morgan fingerprint density at radius 1 is 1.41 bits per heavy atom. The molecule has 1 aromatic rings. The zero-order valence-corrected chi connectivity index (χ0v) is 13.7. The van der Waals surface area contributed by atoms with E-state index in [9.17, 15) is 13.2 Å². The maximum Gasteiger partial charge on any atom is 0.242 e. The van der Waals surface area contributed by atoms with Crippen molar-refractivity contribution >= 4 is 15.7 Å². The Morgan fingerprint density at radius 3 is 2.91 bits per heavy atom. The number of sulfone groups is 1. The highest BCUT2D eigenvalue weighted by Crippen LogP contribution is 2.33. The van der Waals surface area contributed by atoms with E-state index in [1.54, 1.807) is 17.0 Å². The van der Waals surface area contributed by atoms with Crippen molar-refractivity contribution in [2.24, 2.45) is 0 Å². The summed E-state index contributed by atoms with van der Waals surface area (Å²) in [5.74, 6) is -0.274. The molecule has 1 aromatic carbocycles. The van der Waals surface area contributed by atoms with Crippen molar-refractivity contribution in [2.75, 3.05) is 19.8 Å². The third-order valence-electron chi connectivity index (χ3n) is 4.56. The minimum atomic E-state index is -3.58. The fourth-order valence-corrected chi connectivity index (χ4v) is 5.17. The number of hydrogen-bond donors (Lipinski definition) is 0. The van der Waals surface area contributed by atoms with Gasteiger partial charge in [0.05, 0.1) is 24.2 Å². The number of fused-ring (bicyclic) bond motifs is 1. The fourth-order valence-electron chi connectivity index (χ4n) is 3.30. The standard InChI is InChI=1S/C16H21NO4S/c1-3-13-10-21-7-6-17(13)16(18)15-9-12-8-11(2)4-5-14(12)22(15,19)20/h4-5,8,13,15H,3,6-7,9-10H2,1-2H3. The SMILES string of the molecule is CCC1COCCN1C(=O)C1Cc2cc(C)ccc2S1(=O)=O. The Labute approximate surface area is 131 Å². The Bertz CT molecular complexity index is 698. The van der Waals surface area contributed by atoms with E-state index in [-0.39, 0.29) is 18.4 Å². The average Bonchev–Trinajstić information content (AvgIpc) is 2.77. The third kappa shape index (κ3) is 2.44. The lowest BCUT2D eigenvalue weighted by atomic mass is 10.1. The van der Waals surface area contributed by atoms with Gasteiger partial charge in [-0.05, 0) is 31.4 Å². The predicted molar refractivity (Wildman–Crippen MR) is 82.5 cm³/mol. The van der Waals surface area contributed by atoms with Crippen LogP contribution >= 0.6 is 0 Å². The molecule has 0 bridgehead atoms. The zero-order chi connectivity index (χ0) is 15.9. The van der Waals surface area contributed by atoms with Gasteiger partial charge < -0.3 is 9.64 Å². The molecule has 0 radical (unpaired) electrons. The van der Waals surface area contributed by atoms with Gasteiger partial charge >= 0.3 is 0 Å². The lowest BCUT2D eigenvalue weighted by molar-refractivity contribution is -0.139. The number of aryl methyl sites for hydroxylation is 1. The first-order chi connectivity index (χ1) is 10.4. The molecule has 3 rings (SSSR count). The summed E-state index contributed by atoms with van der Waals surface area (Å²) >= 11 is 0. The van der Waals surface area contributed by atoms with Crippen LogP contribution in [0.2, 0.25) is 0 Å². The van der Waals surface area contributed by atoms with Crippen molar-refractivity contribution in [2.45, 2.75) is 42.9 Å². The van der Waals surface area contributed by atoms with Crippen molar-refractivity contribution in [3.63, 3.8) is 0 Å². The normalized spacial score (nSPS) is 26.7. The van der Waals surface area contributed by atoms with Gasteiger partial charge in [-0.2, -0.15) is 0 Å². The largest absolute Gasteiger partial charge is 0.377 e. The Balaban J connectivity index is 1.91. The third-order valence-corrected chi connectivity index (χ3v) is 6.69. The number of benzene rings is 1. The van der Waals surface area contributed by atoms with E-state index in [4.69, 9.17) is 4.74 Å². The molecular formula is C16H21NO4S. The topological polar surface area (TPSA) is 63.7 Å². The van der Waals surface area contributed by atoms with Crippen LogP contribution in [-0.4, -0.2) is 50.3 Å². The summed E-state index contributed by atoms with van der Waals surface area (Å²) in [6.07, 6.45) is 1.05. The fraction of sp³-hybridized carbons (Fsp3) is 0.562. The van der Waals surface area contributed by atoms with E-state index in [1.165, 1.54) is 0 Å². The number of rotatable bonds is 2. The summed E-state index contributed by atoms with van der Waals surface area (Å²) < 4.78 is 30.8. The lowest BCUT2D eigenvalue weighted by Gasteiger charge is -2.36. The summed E-state index contributed by atoms with van der Waals surface area (Å²) in [6.45, 7) is 5.35. The number of ether oxygens (including phenoxy) is 1. The van der Waals surface area contributed by atoms with Crippen LogP contribution in [0, 0.1) is 6.92 Å². The molecular weight excluding hydrogens is 302 g/mol. The highest BCUT2D eigenvalue weighted by molar-refractivity contribution is 7.93. The minimum absolute atomic E-state index is 0.0260. The molecule has 5 nitrogen and oxygen atoms in total. The summed E-state index contributed by atoms with van der Waals surface area (Å²) in [4.78, 5) is 14.8. The number of hydrogen-bond acceptors (Lipinski definition) is 4. The van der Waals surface area contributed by atoms with Gasteiger partial charge in [-0.25, -0.2) is 8.42 Å². The maximum absolute atomic E-state index is 12.8. The molecule has 1 fully saturated rings. The van der Waals surface area contributed by atoms with E-state index in [2.05, 4.69) is 0 Å². The molecule has 2 unspecified atom stereocenters. The molecule has 2 atom stereocenters. The van der Waals surface area contributed by atoms with Gasteiger partial charge in [0, 0.05) is 6.54 Å². The molecule has 6 heteroatoms. The number of nitrogens with zero attached hydrogens (tertiary/aromatic N) is 1. The molecule has 2 aliphatic heterocycles. The van der Waals surface area contributed by atoms with Crippen LogP contribution in [0.15, 0.2) is 23.1 Å². The number of morpholine rings is 1. The van der Waals surface area contributed by atoms with Crippen molar-refractivity contribution in [1.29, 1.82) is 0 Å². The Kier molecular flexibility index (Phi) is 3.99. The highest BCUT2D eigenvalue weighted by atomic mass is 32.2. The zero-order valence-electron chi connectivity index (χ0n) is 12.9. The molecule has 22 heavy (non-hydrogen) atoms. The van der Waals surface area contributed by atoms with E-state index in [0.29, 0.717) is 24.7 Å². The Morgan fingerprint density at radius 2 is 2.18 bits per heavy atom. The second-order valence-electron chi connectivity index (χ2n) is 6.02.